The van der Waals surface area contributed by atoms with E-state index < -0.39 is 0 Å². The maximum absolute atomic E-state index is 12.6. The quantitative estimate of drug-likeness (QED) is 0.795. The van der Waals surface area contributed by atoms with Gasteiger partial charge in [0.2, 0.25) is 0 Å². The van der Waals surface area contributed by atoms with Crippen LogP contribution in [0.25, 0.3) is 21.7 Å². The van der Waals surface area contributed by atoms with Crippen LogP contribution in [0.5, 0.6) is 0 Å². The summed E-state index contributed by atoms with van der Waals surface area (Å²) in [7, 11) is 1.75. The molecule has 0 aliphatic rings. The second kappa shape index (κ2) is 6.60. The van der Waals surface area contributed by atoms with Crippen LogP contribution in [0.4, 0.5) is 0 Å². The Morgan fingerprint density at radius 1 is 1.22 bits per heavy atom. The topological polar surface area (TPSA) is 59.5 Å². The van der Waals surface area contributed by atoms with Crippen molar-refractivity contribution in [3.63, 3.8) is 0 Å². The van der Waals surface area contributed by atoms with Crippen LogP contribution in [0.1, 0.15) is 23.0 Å². The summed E-state index contributed by atoms with van der Waals surface area (Å²) in [6.45, 7) is 4.27. The Bertz CT molecular complexity index is 857. The molecule has 23 heavy (non-hydrogen) atoms. The first-order valence-electron chi connectivity index (χ1n) is 7.42. The molecule has 0 saturated carbocycles. The smallest absolute Gasteiger partial charge is 0.289 e. The molecule has 1 unspecified atom stereocenters. The molecule has 2 aromatic carbocycles. The number of aryl methyl sites for hydroxylation is 1. The summed E-state index contributed by atoms with van der Waals surface area (Å²) >= 11 is 0. The number of halogens is 1. The van der Waals surface area contributed by atoms with Gasteiger partial charge in [0, 0.05) is 36.0 Å². The summed E-state index contributed by atoms with van der Waals surface area (Å²) in [4.78, 5) is 14.3. The van der Waals surface area contributed by atoms with E-state index in [0.717, 1.165) is 27.3 Å². The second-order valence-electron chi connectivity index (χ2n) is 5.72. The lowest BCUT2D eigenvalue weighted by Crippen LogP contribution is -2.39. The van der Waals surface area contributed by atoms with E-state index in [1.165, 1.54) is 0 Å². The van der Waals surface area contributed by atoms with Crippen molar-refractivity contribution in [2.24, 2.45) is 5.73 Å². The highest BCUT2D eigenvalue weighted by atomic mass is 35.5. The molecule has 0 radical (unpaired) electrons. The Balaban J connectivity index is 0.00000192. The van der Waals surface area contributed by atoms with E-state index in [1.807, 2.05) is 44.2 Å². The molecule has 0 fully saturated rings. The highest BCUT2D eigenvalue weighted by Gasteiger charge is 2.24. The lowest BCUT2D eigenvalue weighted by molar-refractivity contribution is 0.0718. The maximum atomic E-state index is 12.6. The van der Waals surface area contributed by atoms with Gasteiger partial charge in [-0.1, -0.05) is 36.4 Å². The highest BCUT2D eigenvalue weighted by molar-refractivity contribution is 6.08. The molecule has 3 aromatic rings. The normalized spacial score (nSPS) is 12.2. The van der Waals surface area contributed by atoms with E-state index in [4.69, 9.17) is 10.2 Å². The van der Waals surface area contributed by atoms with Crippen LogP contribution in [0, 0.1) is 6.92 Å². The average Bonchev–Trinajstić information content (AvgIpc) is 2.90. The van der Waals surface area contributed by atoms with Gasteiger partial charge in [-0.25, -0.2) is 0 Å². The van der Waals surface area contributed by atoms with Gasteiger partial charge in [-0.15, -0.1) is 12.4 Å². The lowest BCUT2D eigenvalue weighted by Gasteiger charge is -2.22. The minimum absolute atomic E-state index is 0. The Labute approximate surface area is 141 Å². The van der Waals surface area contributed by atoms with Crippen molar-refractivity contribution in [2.45, 2.75) is 19.9 Å². The van der Waals surface area contributed by atoms with Gasteiger partial charge < -0.3 is 15.1 Å². The number of hydrogen-bond donors (Lipinski definition) is 1. The molecule has 0 spiro atoms. The minimum atomic E-state index is -0.129. The largest absolute Gasteiger partial charge is 0.450 e. The van der Waals surface area contributed by atoms with Crippen LogP contribution in [-0.2, 0) is 0 Å². The van der Waals surface area contributed by atoms with E-state index >= 15 is 0 Å². The van der Waals surface area contributed by atoms with Crippen LogP contribution in [0.2, 0.25) is 0 Å². The van der Waals surface area contributed by atoms with Crippen LogP contribution < -0.4 is 5.73 Å². The van der Waals surface area contributed by atoms with Crippen molar-refractivity contribution in [3.8, 4) is 0 Å². The summed E-state index contributed by atoms with van der Waals surface area (Å²) in [6.07, 6.45) is 0. The third-order valence-electron chi connectivity index (χ3n) is 4.35. The van der Waals surface area contributed by atoms with Crippen LogP contribution in [-0.4, -0.2) is 30.4 Å². The number of nitrogens with two attached hydrogens (primary N) is 1. The van der Waals surface area contributed by atoms with Gasteiger partial charge in [0.25, 0.3) is 5.91 Å². The molecule has 1 amide bonds. The molecule has 2 N–H and O–H groups in total. The standard InChI is InChI=1S/C18H20N2O2.ClH/c1-11(10-19)20(3)18(21)16-12(2)14-9-8-13-6-4-5-7-15(13)17(14)22-16;/h4-9,11H,10,19H2,1-3H3;1H. The first-order valence-corrected chi connectivity index (χ1v) is 7.42. The molecule has 1 heterocycles. The summed E-state index contributed by atoms with van der Waals surface area (Å²) in [5, 5.41) is 3.11. The van der Waals surface area contributed by atoms with Gasteiger partial charge in [0.1, 0.15) is 5.58 Å². The molecule has 1 aromatic heterocycles. The van der Waals surface area contributed by atoms with Gasteiger partial charge in [-0.2, -0.15) is 0 Å². The van der Waals surface area contributed by atoms with Crippen molar-refractivity contribution >= 4 is 40.1 Å². The number of furan rings is 1. The number of rotatable bonds is 3. The number of carbonyl (C=O) groups is 1. The van der Waals surface area contributed by atoms with Crippen LogP contribution in [0.15, 0.2) is 40.8 Å². The predicted octanol–water partition coefficient (Wildman–Crippen LogP) is 3.74. The molecule has 0 saturated heterocycles. The number of fused-ring (bicyclic) bond motifs is 3. The molecule has 0 aliphatic heterocycles. The molecule has 0 bridgehead atoms. The zero-order valence-electron chi connectivity index (χ0n) is 13.5. The number of hydrogen-bond acceptors (Lipinski definition) is 3. The Kier molecular flexibility index (Phi) is 4.97. The van der Waals surface area contributed by atoms with Gasteiger partial charge in [-0.05, 0) is 19.2 Å². The predicted molar refractivity (Wildman–Crippen MR) is 96.3 cm³/mol. The Morgan fingerprint density at radius 3 is 2.61 bits per heavy atom. The average molecular weight is 333 g/mol. The van der Waals surface area contributed by atoms with E-state index in [2.05, 4.69) is 6.07 Å². The summed E-state index contributed by atoms with van der Waals surface area (Å²) in [5.74, 6) is 0.268. The van der Waals surface area contributed by atoms with E-state index in [-0.39, 0.29) is 24.4 Å². The fourth-order valence-corrected chi connectivity index (χ4v) is 2.67. The van der Waals surface area contributed by atoms with Crippen LogP contribution in [0.3, 0.4) is 0 Å². The molecule has 3 rings (SSSR count). The second-order valence-corrected chi connectivity index (χ2v) is 5.72. The van der Waals surface area contributed by atoms with Crippen molar-refractivity contribution in [2.75, 3.05) is 13.6 Å². The summed E-state index contributed by atoms with van der Waals surface area (Å²) < 4.78 is 5.96. The minimum Gasteiger partial charge on any atom is -0.450 e. The SMILES string of the molecule is Cc1c(C(=O)N(C)C(C)CN)oc2c1ccc1ccccc12.Cl. The summed E-state index contributed by atoms with van der Waals surface area (Å²) in [5.41, 5.74) is 7.30. The van der Waals surface area contributed by atoms with E-state index in [0.29, 0.717) is 12.3 Å². The number of likely N-dealkylation sites (N-methyl/N-ethyl adjacent to an activating group) is 1. The zero-order valence-corrected chi connectivity index (χ0v) is 14.3. The Morgan fingerprint density at radius 2 is 1.91 bits per heavy atom. The molecule has 5 heteroatoms. The zero-order chi connectivity index (χ0) is 15.9. The van der Waals surface area contributed by atoms with Gasteiger partial charge in [0.15, 0.2) is 5.76 Å². The van der Waals surface area contributed by atoms with E-state index in [1.54, 1.807) is 11.9 Å². The lowest BCUT2D eigenvalue weighted by atomic mass is 10.1. The van der Waals surface area contributed by atoms with Crippen molar-refractivity contribution < 1.29 is 9.21 Å². The number of amides is 1. The third kappa shape index (κ3) is 2.80. The molecule has 1 atom stereocenters. The van der Waals surface area contributed by atoms with Crippen molar-refractivity contribution in [1.29, 1.82) is 0 Å². The van der Waals surface area contributed by atoms with Gasteiger partial charge >= 0.3 is 0 Å². The fraction of sp³-hybridized carbons (Fsp3) is 0.278. The molecule has 0 aliphatic carbocycles. The maximum Gasteiger partial charge on any atom is 0.289 e. The van der Waals surface area contributed by atoms with E-state index in [9.17, 15) is 4.79 Å². The molecule has 122 valence electrons. The van der Waals surface area contributed by atoms with Gasteiger partial charge in [0.05, 0.1) is 0 Å². The van der Waals surface area contributed by atoms with Crippen molar-refractivity contribution in [1.82, 2.24) is 4.90 Å². The number of benzene rings is 2. The van der Waals surface area contributed by atoms with Crippen molar-refractivity contribution in [3.05, 3.63) is 47.7 Å². The fourth-order valence-electron chi connectivity index (χ4n) is 2.67. The Hall–Kier alpha value is -2.04. The molecular formula is C18H21ClN2O2. The first-order chi connectivity index (χ1) is 10.5. The van der Waals surface area contributed by atoms with Gasteiger partial charge in [-0.3, -0.25) is 4.79 Å². The number of nitrogens with zero attached hydrogens (tertiary/aromatic N) is 1. The first kappa shape index (κ1) is 17.3. The van der Waals surface area contributed by atoms with Crippen LogP contribution >= 0.6 is 12.4 Å². The third-order valence-corrected chi connectivity index (χ3v) is 4.35. The molecular weight excluding hydrogens is 312 g/mol. The highest BCUT2D eigenvalue weighted by Crippen LogP contribution is 2.32. The summed E-state index contributed by atoms with van der Waals surface area (Å²) in [6, 6.07) is 12.1. The monoisotopic (exact) mass is 332 g/mol. The molecule has 4 nitrogen and oxygen atoms in total. The number of carbonyl (C=O) groups excluding carboxylic acids is 1.